The van der Waals surface area contributed by atoms with Gasteiger partial charge in [-0.3, -0.25) is 14.3 Å². The van der Waals surface area contributed by atoms with Crippen LogP contribution in [-0.2, 0) is 22.6 Å². The Hall–Kier alpha value is -2.45. The fourth-order valence-corrected chi connectivity index (χ4v) is 3.83. The highest BCUT2D eigenvalue weighted by Crippen LogP contribution is 2.22. The van der Waals surface area contributed by atoms with Crippen molar-refractivity contribution in [1.29, 1.82) is 0 Å². The van der Waals surface area contributed by atoms with Crippen LogP contribution in [0.1, 0.15) is 36.8 Å². The molecule has 0 aliphatic carbocycles. The lowest BCUT2D eigenvalue weighted by molar-refractivity contribution is -0.126. The maximum absolute atomic E-state index is 12.4. The Balaban J connectivity index is 1.25. The van der Waals surface area contributed by atoms with Crippen LogP contribution in [0.2, 0.25) is 0 Å². The van der Waals surface area contributed by atoms with E-state index in [0.29, 0.717) is 19.0 Å². The smallest absolute Gasteiger partial charge is 0.343 e. The van der Waals surface area contributed by atoms with Crippen LogP contribution >= 0.6 is 0 Å². The largest absolute Gasteiger partial charge is 0.368 e. The van der Waals surface area contributed by atoms with Gasteiger partial charge in [0.25, 0.3) is 0 Å². The van der Waals surface area contributed by atoms with Gasteiger partial charge in [-0.1, -0.05) is 30.3 Å². The molecule has 2 aliphatic heterocycles. The molecule has 27 heavy (non-hydrogen) atoms. The Morgan fingerprint density at radius 1 is 1.22 bits per heavy atom. The lowest BCUT2D eigenvalue weighted by Crippen LogP contribution is -2.45. The van der Waals surface area contributed by atoms with Crippen molar-refractivity contribution in [1.82, 2.24) is 25.0 Å². The predicted molar refractivity (Wildman–Crippen MR) is 99.0 cm³/mol. The van der Waals surface area contributed by atoms with Crippen molar-refractivity contribution >= 4 is 5.91 Å². The zero-order chi connectivity index (χ0) is 18.6. The van der Waals surface area contributed by atoms with Gasteiger partial charge in [0.05, 0.1) is 19.6 Å². The first-order chi connectivity index (χ1) is 13.2. The molecule has 1 fully saturated rings. The molecule has 2 aromatic rings. The second-order valence-corrected chi connectivity index (χ2v) is 7.21. The molecule has 3 heterocycles. The molecule has 0 spiro atoms. The summed E-state index contributed by atoms with van der Waals surface area (Å²) < 4.78 is 7.19. The zero-order valence-electron chi connectivity index (χ0n) is 15.3. The van der Waals surface area contributed by atoms with Crippen molar-refractivity contribution < 1.29 is 9.53 Å². The molecule has 8 heteroatoms. The minimum atomic E-state index is -0.462. The topological polar surface area (TPSA) is 92.2 Å². The molecule has 2 aliphatic rings. The second kappa shape index (κ2) is 8.06. The summed E-state index contributed by atoms with van der Waals surface area (Å²) in [6.07, 6.45) is 1.61. The van der Waals surface area contributed by atoms with Crippen molar-refractivity contribution in [3.8, 4) is 0 Å². The van der Waals surface area contributed by atoms with E-state index in [9.17, 15) is 9.59 Å². The van der Waals surface area contributed by atoms with Crippen molar-refractivity contribution in [2.45, 2.75) is 44.5 Å². The van der Waals surface area contributed by atoms with Crippen LogP contribution in [0.25, 0.3) is 0 Å². The Labute approximate surface area is 157 Å². The van der Waals surface area contributed by atoms with E-state index in [1.54, 1.807) is 4.57 Å². The Morgan fingerprint density at radius 2 is 2.00 bits per heavy atom. The molecule has 1 aromatic heterocycles. The molecule has 0 radical (unpaired) electrons. The van der Waals surface area contributed by atoms with Crippen LogP contribution in [-0.4, -0.2) is 51.3 Å². The maximum atomic E-state index is 12.4. The lowest BCUT2D eigenvalue weighted by Gasteiger charge is -2.32. The molecular weight excluding hydrogens is 346 g/mol. The van der Waals surface area contributed by atoms with Crippen LogP contribution in [0.4, 0.5) is 0 Å². The van der Waals surface area contributed by atoms with Gasteiger partial charge in [-0.05, 0) is 18.4 Å². The molecule has 2 N–H and O–H groups in total. The van der Waals surface area contributed by atoms with Gasteiger partial charge in [0.1, 0.15) is 6.10 Å². The number of hydrogen-bond donors (Lipinski definition) is 2. The van der Waals surface area contributed by atoms with E-state index in [0.717, 1.165) is 32.5 Å². The van der Waals surface area contributed by atoms with Crippen LogP contribution in [0.15, 0.2) is 35.1 Å². The number of hydrogen-bond acceptors (Lipinski definition) is 5. The fraction of sp³-hybridized carbons (Fsp3) is 0.526. The van der Waals surface area contributed by atoms with E-state index in [1.807, 2.05) is 6.07 Å². The first-order valence-corrected chi connectivity index (χ1v) is 9.51. The van der Waals surface area contributed by atoms with E-state index < -0.39 is 6.10 Å². The molecule has 1 atom stereocenters. The number of carbonyl (C=O) groups is 1. The molecule has 4 rings (SSSR count). The number of rotatable bonds is 5. The Kier molecular flexibility index (Phi) is 5.35. The highest BCUT2D eigenvalue weighted by molar-refractivity contribution is 5.76. The quantitative estimate of drug-likeness (QED) is 0.812. The number of aromatic nitrogens is 3. The van der Waals surface area contributed by atoms with Gasteiger partial charge in [0, 0.05) is 25.7 Å². The van der Waals surface area contributed by atoms with Gasteiger partial charge in [0.15, 0.2) is 5.82 Å². The van der Waals surface area contributed by atoms with Gasteiger partial charge < -0.3 is 10.1 Å². The van der Waals surface area contributed by atoms with Crippen LogP contribution < -0.4 is 11.0 Å². The molecule has 1 aromatic carbocycles. The number of benzene rings is 1. The maximum Gasteiger partial charge on any atom is 0.343 e. The average Bonchev–Trinajstić information content (AvgIpc) is 3.06. The highest BCUT2D eigenvalue weighted by Gasteiger charge is 2.28. The molecule has 144 valence electrons. The first kappa shape index (κ1) is 17.9. The molecule has 0 bridgehead atoms. The third kappa shape index (κ3) is 4.28. The van der Waals surface area contributed by atoms with Crippen molar-refractivity contribution in [2.75, 3.05) is 19.7 Å². The van der Waals surface area contributed by atoms with Crippen molar-refractivity contribution in [3.63, 3.8) is 0 Å². The number of nitrogens with one attached hydrogen (secondary N) is 2. The lowest BCUT2D eigenvalue weighted by atomic mass is 10.0. The number of likely N-dealkylation sites (tertiary alicyclic amines) is 1. The number of nitrogens with zero attached hydrogens (tertiary/aromatic N) is 3. The predicted octanol–water partition coefficient (Wildman–Crippen LogP) is 0.814. The summed E-state index contributed by atoms with van der Waals surface area (Å²) in [6.45, 7) is 3.79. The van der Waals surface area contributed by atoms with E-state index in [1.165, 1.54) is 5.56 Å². The standard InChI is InChI=1S/C19H25N5O3/c25-17(12-16-18-21-22-19(26)24(18)10-11-27-16)20-15-6-8-23(9-7-15)13-14-4-2-1-3-5-14/h1-5,15-16H,6-13H2,(H,20,25)(H,22,26). The third-order valence-corrected chi connectivity index (χ3v) is 5.28. The number of fused-ring (bicyclic) bond motifs is 1. The number of piperidine rings is 1. The number of ether oxygens (including phenoxy) is 1. The molecule has 1 saturated heterocycles. The Morgan fingerprint density at radius 3 is 2.78 bits per heavy atom. The summed E-state index contributed by atoms with van der Waals surface area (Å²) in [6, 6.07) is 10.6. The SMILES string of the molecule is O=C(CC1OCCn2c1n[nH]c2=O)NC1CCN(Cc2ccccc2)CC1. The average molecular weight is 371 g/mol. The van der Waals surface area contributed by atoms with Crippen molar-refractivity contribution in [2.24, 2.45) is 0 Å². The monoisotopic (exact) mass is 371 g/mol. The molecule has 1 amide bonds. The van der Waals surface area contributed by atoms with Crippen LogP contribution in [0.5, 0.6) is 0 Å². The third-order valence-electron chi connectivity index (χ3n) is 5.28. The second-order valence-electron chi connectivity index (χ2n) is 7.21. The normalized spacial score (nSPS) is 21.0. The van der Waals surface area contributed by atoms with E-state index in [2.05, 4.69) is 44.7 Å². The molecule has 8 nitrogen and oxygen atoms in total. The summed E-state index contributed by atoms with van der Waals surface area (Å²) >= 11 is 0. The number of H-pyrrole nitrogens is 1. The van der Waals surface area contributed by atoms with E-state index >= 15 is 0 Å². The van der Waals surface area contributed by atoms with Gasteiger partial charge in [-0.2, -0.15) is 5.10 Å². The Bertz CT molecular complexity index is 823. The van der Waals surface area contributed by atoms with E-state index in [-0.39, 0.29) is 24.1 Å². The van der Waals surface area contributed by atoms with Crippen molar-refractivity contribution in [3.05, 3.63) is 52.2 Å². The van der Waals surface area contributed by atoms with Crippen LogP contribution in [0, 0.1) is 0 Å². The minimum Gasteiger partial charge on any atom is -0.368 e. The summed E-state index contributed by atoms with van der Waals surface area (Å²) in [4.78, 5) is 26.5. The molecular formula is C19H25N5O3. The summed E-state index contributed by atoms with van der Waals surface area (Å²) in [7, 11) is 0. The van der Waals surface area contributed by atoms with Gasteiger partial charge in [-0.15, -0.1) is 0 Å². The summed E-state index contributed by atoms with van der Waals surface area (Å²) in [5.41, 5.74) is 1.07. The number of amides is 1. The number of carbonyl (C=O) groups excluding carboxylic acids is 1. The van der Waals surface area contributed by atoms with Gasteiger partial charge >= 0.3 is 5.69 Å². The first-order valence-electron chi connectivity index (χ1n) is 9.51. The van der Waals surface area contributed by atoms with Crippen LogP contribution in [0.3, 0.4) is 0 Å². The summed E-state index contributed by atoms with van der Waals surface area (Å²) in [5.74, 6) is 0.462. The molecule has 0 saturated carbocycles. The zero-order valence-corrected chi connectivity index (χ0v) is 15.3. The van der Waals surface area contributed by atoms with Gasteiger partial charge in [-0.25, -0.2) is 9.89 Å². The van der Waals surface area contributed by atoms with E-state index in [4.69, 9.17) is 4.74 Å². The van der Waals surface area contributed by atoms with Gasteiger partial charge in [0.2, 0.25) is 5.91 Å². The molecule has 1 unspecified atom stereocenters. The highest BCUT2D eigenvalue weighted by atomic mass is 16.5. The summed E-state index contributed by atoms with van der Waals surface area (Å²) in [5, 5.41) is 9.55. The fourth-order valence-electron chi connectivity index (χ4n) is 3.83. The minimum absolute atomic E-state index is 0.0505. The number of aromatic amines is 1.